The molecule has 0 N–H and O–H groups in total. The van der Waals surface area contributed by atoms with E-state index >= 15 is 0 Å². The number of hydrogen-bond acceptors (Lipinski definition) is 4. The lowest BCUT2D eigenvalue weighted by Crippen LogP contribution is -2.21. The molecule has 0 saturated heterocycles. The van der Waals surface area contributed by atoms with Gasteiger partial charge in [0.25, 0.3) is 0 Å². The fraction of sp³-hybridized carbons (Fsp3) is 0.143. The highest BCUT2D eigenvalue weighted by Gasteiger charge is 2.06. The summed E-state index contributed by atoms with van der Waals surface area (Å²) in [5.41, 5.74) is 0.0735. The maximum absolute atomic E-state index is 11.0. The standard InChI is InChI=1S/C7H5NO3S/c1-8-4-2-3-12-5(4)6(9)11-7(8)10/h2-3H,1H3. The van der Waals surface area contributed by atoms with Crippen LogP contribution < -0.4 is 11.4 Å². The highest BCUT2D eigenvalue weighted by Crippen LogP contribution is 2.13. The molecular formula is C7H5NO3S. The van der Waals surface area contributed by atoms with Gasteiger partial charge in [0.2, 0.25) is 0 Å². The van der Waals surface area contributed by atoms with Gasteiger partial charge >= 0.3 is 11.4 Å². The van der Waals surface area contributed by atoms with Crippen LogP contribution in [0.2, 0.25) is 0 Å². The van der Waals surface area contributed by atoms with Crippen molar-refractivity contribution in [1.82, 2.24) is 4.57 Å². The van der Waals surface area contributed by atoms with E-state index < -0.39 is 11.4 Å². The van der Waals surface area contributed by atoms with Gasteiger partial charge in [0, 0.05) is 7.05 Å². The molecule has 0 aliphatic heterocycles. The van der Waals surface area contributed by atoms with Crippen LogP contribution in [0.4, 0.5) is 0 Å². The first-order valence-electron chi connectivity index (χ1n) is 3.27. The summed E-state index contributed by atoms with van der Waals surface area (Å²) in [5.74, 6) is -0.620. The lowest BCUT2D eigenvalue weighted by molar-refractivity contribution is 0.434. The van der Waals surface area contributed by atoms with Gasteiger partial charge in [0.15, 0.2) is 0 Å². The number of hydrogen-bond donors (Lipinski definition) is 0. The van der Waals surface area contributed by atoms with Crippen molar-refractivity contribution >= 4 is 21.6 Å². The van der Waals surface area contributed by atoms with Crippen molar-refractivity contribution in [3.05, 3.63) is 32.4 Å². The molecule has 0 saturated carbocycles. The Kier molecular flexibility index (Phi) is 1.41. The second-order valence-corrected chi connectivity index (χ2v) is 3.27. The Labute approximate surface area is 70.7 Å². The van der Waals surface area contributed by atoms with Crippen LogP contribution >= 0.6 is 11.3 Å². The highest BCUT2D eigenvalue weighted by atomic mass is 32.1. The summed E-state index contributed by atoms with van der Waals surface area (Å²) in [5, 5.41) is 1.75. The molecule has 0 spiro atoms. The predicted octanol–water partition coefficient (Wildman–Crippen LogP) is 0.553. The van der Waals surface area contributed by atoms with E-state index in [4.69, 9.17) is 0 Å². The molecule has 0 atom stereocenters. The summed E-state index contributed by atoms with van der Waals surface area (Å²) in [6.07, 6.45) is 0. The molecule has 0 aliphatic carbocycles. The second-order valence-electron chi connectivity index (χ2n) is 2.35. The molecule has 0 aliphatic rings. The van der Waals surface area contributed by atoms with Gasteiger partial charge in [-0.2, -0.15) is 0 Å². The van der Waals surface area contributed by atoms with E-state index in [0.29, 0.717) is 10.2 Å². The molecule has 2 aromatic heterocycles. The van der Waals surface area contributed by atoms with Gasteiger partial charge in [-0.15, -0.1) is 11.3 Å². The molecule has 0 amide bonds. The smallest absolute Gasteiger partial charge is 0.371 e. The lowest BCUT2D eigenvalue weighted by atomic mass is 10.5. The average Bonchev–Trinajstić information content (AvgIpc) is 2.48. The van der Waals surface area contributed by atoms with Gasteiger partial charge < -0.3 is 4.42 Å². The average molecular weight is 183 g/mol. The molecule has 0 bridgehead atoms. The Bertz CT molecular complexity index is 533. The topological polar surface area (TPSA) is 52.2 Å². The van der Waals surface area contributed by atoms with Crippen molar-refractivity contribution < 1.29 is 4.42 Å². The normalized spacial score (nSPS) is 10.8. The van der Waals surface area contributed by atoms with E-state index in [2.05, 4.69) is 4.42 Å². The fourth-order valence-electron chi connectivity index (χ4n) is 1.01. The van der Waals surface area contributed by atoms with Gasteiger partial charge in [-0.1, -0.05) is 0 Å². The minimum Gasteiger partial charge on any atom is -0.371 e. The Hall–Kier alpha value is -1.36. The van der Waals surface area contributed by atoms with Crippen LogP contribution in [0.15, 0.2) is 25.5 Å². The molecule has 0 unspecified atom stereocenters. The van der Waals surface area contributed by atoms with Crippen molar-refractivity contribution in [3.8, 4) is 0 Å². The zero-order chi connectivity index (χ0) is 8.72. The Balaban J connectivity index is 3.18. The van der Waals surface area contributed by atoms with E-state index in [1.165, 1.54) is 15.9 Å². The molecule has 0 aromatic carbocycles. The third-order valence-corrected chi connectivity index (χ3v) is 2.53. The van der Waals surface area contributed by atoms with Crippen molar-refractivity contribution in [2.45, 2.75) is 0 Å². The largest absolute Gasteiger partial charge is 0.422 e. The number of rotatable bonds is 0. The van der Waals surface area contributed by atoms with Crippen molar-refractivity contribution in [2.24, 2.45) is 7.05 Å². The van der Waals surface area contributed by atoms with E-state index in [1.54, 1.807) is 18.5 Å². The van der Waals surface area contributed by atoms with Crippen molar-refractivity contribution in [2.75, 3.05) is 0 Å². The number of nitrogens with zero attached hydrogens (tertiary/aromatic N) is 1. The third kappa shape index (κ3) is 0.831. The maximum atomic E-state index is 11.0. The van der Waals surface area contributed by atoms with Crippen LogP contribution in [0.25, 0.3) is 10.2 Å². The van der Waals surface area contributed by atoms with Crippen LogP contribution in [0.1, 0.15) is 0 Å². The first-order chi connectivity index (χ1) is 5.70. The summed E-state index contributed by atoms with van der Waals surface area (Å²) in [6.45, 7) is 0. The number of aromatic nitrogens is 1. The summed E-state index contributed by atoms with van der Waals surface area (Å²) >= 11 is 1.27. The molecule has 5 heteroatoms. The third-order valence-electron chi connectivity index (χ3n) is 1.65. The number of fused-ring (bicyclic) bond motifs is 1. The molecule has 4 nitrogen and oxygen atoms in total. The fourth-order valence-corrected chi connectivity index (χ4v) is 1.81. The monoisotopic (exact) mass is 183 g/mol. The minimum absolute atomic E-state index is 0.483. The molecule has 62 valence electrons. The van der Waals surface area contributed by atoms with Gasteiger partial charge in [0.1, 0.15) is 4.70 Å². The zero-order valence-corrected chi connectivity index (χ0v) is 7.05. The van der Waals surface area contributed by atoms with Crippen LogP contribution in [-0.2, 0) is 7.05 Å². The molecule has 12 heavy (non-hydrogen) atoms. The van der Waals surface area contributed by atoms with Crippen LogP contribution in [0.5, 0.6) is 0 Å². The molecular weight excluding hydrogens is 178 g/mol. The van der Waals surface area contributed by atoms with Gasteiger partial charge in [-0.05, 0) is 11.4 Å². The van der Waals surface area contributed by atoms with E-state index in [1.807, 2.05) is 0 Å². The molecule has 0 fully saturated rings. The summed E-state index contributed by atoms with van der Waals surface area (Å²) in [4.78, 5) is 22.0. The van der Waals surface area contributed by atoms with Crippen molar-refractivity contribution in [1.29, 1.82) is 0 Å². The first kappa shape index (κ1) is 7.30. The van der Waals surface area contributed by atoms with Gasteiger partial charge in [-0.3, -0.25) is 4.57 Å². The van der Waals surface area contributed by atoms with E-state index in [9.17, 15) is 9.59 Å². The van der Waals surface area contributed by atoms with Crippen LogP contribution in [0, 0.1) is 0 Å². The predicted molar refractivity (Wildman–Crippen MR) is 45.6 cm³/mol. The first-order valence-corrected chi connectivity index (χ1v) is 4.15. The highest BCUT2D eigenvalue weighted by molar-refractivity contribution is 7.17. The summed E-state index contributed by atoms with van der Waals surface area (Å²) < 4.78 is 6.24. The summed E-state index contributed by atoms with van der Waals surface area (Å²) in [7, 11) is 1.57. The van der Waals surface area contributed by atoms with Gasteiger partial charge in [-0.25, -0.2) is 9.59 Å². The molecule has 2 heterocycles. The lowest BCUT2D eigenvalue weighted by Gasteiger charge is -1.94. The van der Waals surface area contributed by atoms with Gasteiger partial charge in [0.05, 0.1) is 5.52 Å². The number of thiophene rings is 1. The SMILES string of the molecule is Cn1c(=O)oc(=O)c2sccc21. The van der Waals surface area contributed by atoms with Crippen LogP contribution in [0.3, 0.4) is 0 Å². The minimum atomic E-state index is -0.620. The van der Waals surface area contributed by atoms with E-state index in [-0.39, 0.29) is 0 Å². The molecule has 2 rings (SSSR count). The zero-order valence-electron chi connectivity index (χ0n) is 6.23. The second kappa shape index (κ2) is 2.31. The molecule has 0 radical (unpaired) electrons. The Morgan fingerprint density at radius 2 is 2.25 bits per heavy atom. The van der Waals surface area contributed by atoms with Crippen LogP contribution in [-0.4, -0.2) is 4.57 Å². The summed E-state index contributed by atoms with van der Waals surface area (Å²) in [6, 6.07) is 1.72. The Morgan fingerprint density at radius 1 is 1.50 bits per heavy atom. The van der Waals surface area contributed by atoms with E-state index in [0.717, 1.165) is 0 Å². The van der Waals surface area contributed by atoms with Crippen molar-refractivity contribution in [3.63, 3.8) is 0 Å². The molecule has 2 aromatic rings. The maximum Gasteiger partial charge on any atom is 0.422 e. The number of aryl methyl sites for hydroxylation is 1. The quantitative estimate of drug-likeness (QED) is 0.599. The Morgan fingerprint density at radius 3 is 3.00 bits per heavy atom.